The van der Waals surface area contributed by atoms with Crippen molar-refractivity contribution in [3.05, 3.63) is 107 Å². The summed E-state index contributed by atoms with van der Waals surface area (Å²) >= 11 is 0. The van der Waals surface area contributed by atoms with Crippen LogP contribution in [0, 0.1) is 17.2 Å². The molecule has 1 atom stereocenters. The first-order valence-electron chi connectivity index (χ1n) is 14.6. The maximum Gasteiger partial charge on any atom is 0.410 e. The van der Waals surface area contributed by atoms with Crippen LogP contribution in [0.25, 0.3) is 0 Å². The molecular formula is C36H47N3O3. The summed E-state index contributed by atoms with van der Waals surface area (Å²) in [5, 5.41) is 9.57. The van der Waals surface area contributed by atoms with Crippen LogP contribution in [0.2, 0.25) is 0 Å². The molecule has 0 radical (unpaired) electrons. The predicted octanol–water partition coefficient (Wildman–Crippen LogP) is 8.52. The molecule has 6 heteroatoms. The van der Waals surface area contributed by atoms with Crippen molar-refractivity contribution < 1.29 is 14.3 Å². The summed E-state index contributed by atoms with van der Waals surface area (Å²) in [4.78, 5) is 19.3. The fraction of sp³-hybridized carbons (Fsp3) is 0.417. The zero-order valence-electron chi connectivity index (χ0n) is 26.5. The monoisotopic (exact) mass is 569 g/mol. The number of ether oxygens (including phenoxy) is 2. The average molecular weight is 570 g/mol. The van der Waals surface area contributed by atoms with Crippen molar-refractivity contribution in [1.82, 2.24) is 4.90 Å². The van der Waals surface area contributed by atoms with Gasteiger partial charge in [0.15, 0.2) is 0 Å². The van der Waals surface area contributed by atoms with Crippen LogP contribution in [0.4, 0.5) is 4.79 Å². The highest BCUT2D eigenvalue weighted by Gasteiger charge is 2.28. The fourth-order valence-corrected chi connectivity index (χ4v) is 4.92. The quantitative estimate of drug-likeness (QED) is 0.206. The number of hydrogen-bond acceptors (Lipinski definition) is 5. The van der Waals surface area contributed by atoms with E-state index in [0.717, 1.165) is 58.4 Å². The number of nitriles is 1. The second kappa shape index (κ2) is 15.8. The molecule has 0 aromatic heterocycles. The minimum atomic E-state index is -0.537. The summed E-state index contributed by atoms with van der Waals surface area (Å²) in [5.41, 5.74) is 6.31. The first-order valence-corrected chi connectivity index (χ1v) is 14.6. The van der Waals surface area contributed by atoms with E-state index in [1.165, 1.54) is 0 Å². The molecule has 0 N–H and O–H groups in total. The van der Waals surface area contributed by atoms with Crippen LogP contribution >= 0.6 is 0 Å². The Hall–Kier alpha value is -4.11. The summed E-state index contributed by atoms with van der Waals surface area (Å²) in [5.74, 6) is 0.803. The van der Waals surface area contributed by atoms with Gasteiger partial charge in [-0.1, -0.05) is 51.8 Å². The normalized spacial score (nSPS) is 22.0. The number of aliphatic imine (C=N–C) groups is 1. The van der Waals surface area contributed by atoms with E-state index in [2.05, 4.69) is 50.7 Å². The van der Waals surface area contributed by atoms with Crippen LogP contribution in [0.1, 0.15) is 60.8 Å². The van der Waals surface area contributed by atoms with Gasteiger partial charge in [-0.05, 0) is 105 Å². The second-order valence-corrected chi connectivity index (χ2v) is 11.6. The summed E-state index contributed by atoms with van der Waals surface area (Å²) in [7, 11) is 1.77. The number of nitrogens with zero attached hydrogens (tertiary/aromatic N) is 3. The summed E-state index contributed by atoms with van der Waals surface area (Å²) in [6.07, 6.45) is 15.1. The van der Waals surface area contributed by atoms with Crippen molar-refractivity contribution >= 4 is 11.8 Å². The third-order valence-electron chi connectivity index (χ3n) is 6.59. The maximum absolute atomic E-state index is 12.8. The molecule has 6 nitrogen and oxygen atoms in total. The first-order chi connectivity index (χ1) is 19.9. The second-order valence-electron chi connectivity index (χ2n) is 11.6. The van der Waals surface area contributed by atoms with Gasteiger partial charge in [0.2, 0.25) is 0 Å². The van der Waals surface area contributed by atoms with Gasteiger partial charge in [-0.3, -0.25) is 4.99 Å². The van der Waals surface area contributed by atoms with Gasteiger partial charge in [0.25, 0.3) is 0 Å². The number of allylic oxidation sites excluding steroid dienone is 13. The highest BCUT2D eigenvalue weighted by atomic mass is 16.6. The van der Waals surface area contributed by atoms with E-state index in [1.54, 1.807) is 36.3 Å². The zero-order valence-corrected chi connectivity index (χ0v) is 26.5. The van der Waals surface area contributed by atoms with Gasteiger partial charge in [-0.15, -0.1) is 0 Å². The Kier molecular flexibility index (Phi) is 12.8. The van der Waals surface area contributed by atoms with E-state index in [0.29, 0.717) is 31.0 Å². The van der Waals surface area contributed by atoms with Gasteiger partial charge in [0.05, 0.1) is 24.0 Å². The van der Waals surface area contributed by atoms with E-state index in [4.69, 9.17) is 9.47 Å². The van der Waals surface area contributed by atoms with E-state index in [9.17, 15) is 10.1 Å². The zero-order chi connectivity index (χ0) is 31.4. The minimum Gasteiger partial charge on any atom is -0.493 e. The molecule has 1 amide bonds. The lowest BCUT2D eigenvalue weighted by atomic mass is 9.83. The van der Waals surface area contributed by atoms with Gasteiger partial charge in [-0.2, -0.15) is 5.26 Å². The molecule has 1 aliphatic heterocycles. The molecule has 0 bridgehead atoms. The molecule has 2 aliphatic rings. The number of amides is 1. The largest absolute Gasteiger partial charge is 0.493 e. The molecule has 224 valence electrons. The Morgan fingerprint density at radius 3 is 2.55 bits per heavy atom. The smallest absolute Gasteiger partial charge is 0.410 e. The molecule has 0 unspecified atom stereocenters. The van der Waals surface area contributed by atoms with Crippen LogP contribution in [0.3, 0.4) is 0 Å². The lowest BCUT2D eigenvalue weighted by molar-refractivity contribution is 0.0230. The number of carbonyl (C=O) groups excluding carboxylic acids is 1. The molecule has 1 heterocycles. The SMILES string of the molecule is C=C/C=C(C#N)\C=C(/C=C)C1=CC(=N/C)/C(=C(C(=C)C)/C2=C\[C@@H](C)CN(C(=O)OC(C)(C)C)CCC2)C(OCCC)=C1. The molecule has 0 saturated heterocycles. The third-order valence-corrected chi connectivity index (χ3v) is 6.59. The molecule has 0 spiro atoms. The summed E-state index contributed by atoms with van der Waals surface area (Å²) in [6.45, 7) is 25.6. The van der Waals surface area contributed by atoms with Crippen LogP contribution in [0.15, 0.2) is 112 Å². The van der Waals surface area contributed by atoms with Crippen LogP contribution in [-0.4, -0.2) is 49.0 Å². The van der Waals surface area contributed by atoms with Gasteiger partial charge >= 0.3 is 6.09 Å². The highest BCUT2D eigenvalue weighted by molar-refractivity contribution is 6.14. The topological polar surface area (TPSA) is 74.9 Å². The Labute approximate surface area is 253 Å². The van der Waals surface area contributed by atoms with Gasteiger partial charge in [-0.25, -0.2) is 4.79 Å². The van der Waals surface area contributed by atoms with Crippen molar-refractivity contribution in [2.24, 2.45) is 10.9 Å². The number of hydrogen-bond donors (Lipinski definition) is 0. The number of carbonyl (C=O) groups is 1. The lowest BCUT2D eigenvalue weighted by Crippen LogP contribution is -2.40. The highest BCUT2D eigenvalue weighted by Crippen LogP contribution is 2.37. The van der Waals surface area contributed by atoms with Crippen LogP contribution in [-0.2, 0) is 9.47 Å². The molecule has 42 heavy (non-hydrogen) atoms. The predicted molar refractivity (Wildman–Crippen MR) is 174 cm³/mol. The molecule has 0 fully saturated rings. The van der Waals surface area contributed by atoms with E-state index >= 15 is 0 Å². The van der Waals surface area contributed by atoms with Crippen molar-refractivity contribution in [1.29, 1.82) is 5.26 Å². The maximum atomic E-state index is 12.8. The molecule has 1 aliphatic carbocycles. The van der Waals surface area contributed by atoms with Gasteiger partial charge in [0, 0.05) is 25.7 Å². The third kappa shape index (κ3) is 9.48. The van der Waals surface area contributed by atoms with Crippen molar-refractivity contribution in [2.45, 2.75) is 66.4 Å². The van der Waals surface area contributed by atoms with E-state index in [-0.39, 0.29) is 12.0 Å². The van der Waals surface area contributed by atoms with Crippen molar-refractivity contribution in [3.8, 4) is 6.07 Å². The van der Waals surface area contributed by atoms with E-state index < -0.39 is 5.60 Å². The standard InChI is InChI=1S/C36H47N3O3/c1-11-15-27(23-37)20-28(13-3)30-21-31(38-10)34(32(22-30)41-18-12-2)33(25(4)5)29-16-14-17-39(24-26(6)19-29)35(40)42-36(7,8)9/h11,13,15,19-22,26H,1,3-4,12,14,16-18,24H2,2,5-10H3/b27-15+,28-20+,29-19-,34-33-,38-31-/t26-/m1/s1. The lowest BCUT2D eigenvalue weighted by Gasteiger charge is -2.31. The average Bonchev–Trinajstić information content (AvgIpc) is 2.91. The molecule has 0 aromatic carbocycles. The molecule has 2 rings (SSSR count). The number of rotatable bonds is 9. The van der Waals surface area contributed by atoms with E-state index in [1.807, 2.05) is 39.8 Å². The Morgan fingerprint density at radius 1 is 1.29 bits per heavy atom. The van der Waals surface area contributed by atoms with Gasteiger partial charge in [0.1, 0.15) is 11.4 Å². The molecule has 0 aromatic rings. The van der Waals surface area contributed by atoms with Crippen molar-refractivity contribution in [2.75, 3.05) is 26.7 Å². The van der Waals surface area contributed by atoms with Crippen LogP contribution in [0.5, 0.6) is 0 Å². The summed E-state index contributed by atoms with van der Waals surface area (Å²) < 4.78 is 12.0. The fourth-order valence-electron chi connectivity index (χ4n) is 4.92. The van der Waals surface area contributed by atoms with Crippen LogP contribution < -0.4 is 0 Å². The van der Waals surface area contributed by atoms with Crippen molar-refractivity contribution in [3.63, 3.8) is 0 Å². The Balaban J connectivity index is 2.67. The minimum absolute atomic E-state index is 0.0971. The summed E-state index contributed by atoms with van der Waals surface area (Å²) in [6, 6.07) is 2.19. The first kappa shape index (κ1) is 34.1. The molecule has 0 saturated carbocycles. The van der Waals surface area contributed by atoms with Gasteiger partial charge < -0.3 is 14.4 Å². The Bertz CT molecular complexity index is 1330. The Morgan fingerprint density at radius 2 is 2.00 bits per heavy atom. The molecular weight excluding hydrogens is 522 g/mol.